The van der Waals surface area contributed by atoms with Crippen molar-refractivity contribution in [3.05, 3.63) is 29.1 Å². The Balaban J connectivity index is 1.90. The number of amides is 1. The zero-order valence-electron chi connectivity index (χ0n) is 15.6. The van der Waals surface area contributed by atoms with Crippen LogP contribution in [0.15, 0.2) is 29.3 Å². The van der Waals surface area contributed by atoms with Crippen molar-refractivity contribution in [2.45, 2.75) is 26.3 Å². The molecule has 0 saturated carbocycles. The van der Waals surface area contributed by atoms with Crippen molar-refractivity contribution in [3.8, 4) is 0 Å². The number of carbonyl (C=O) groups is 1. The molecule has 1 aromatic heterocycles. The molecular formula is C18H25N3O4S2. The van der Waals surface area contributed by atoms with E-state index >= 15 is 0 Å². The first kappa shape index (κ1) is 20.2. The van der Waals surface area contributed by atoms with Gasteiger partial charge in [-0.1, -0.05) is 23.5 Å². The van der Waals surface area contributed by atoms with Crippen LogP contribution in [0, 0.1) is 5.92 Å². The van der Waals surface area contributed by atoms with Crippen molar-refractivity contribution in [3.63, 3.8) is 0 Å². The van der Waals surface area contributed by atoms with Crippen LogP contribution in [0.1, 0.15) is 19.8 Å². The average molecular weight is 412 g/mol. The summed E-state index contributed by atoms with van der Waals surface area (Å²) in [6.45, 7) is 4.43. The van der Waals surface area contributed by atoms with Crippen LogP contribution in [0.2, 0.25) is 0 Å². The second-order valence-corrected chi connectivity index (χ2v) is 9.60. The minimum absolute atomic E-state index is 0.213. The number of carbonyl (C=O) groups excluding carboxylic acids is 1. The van der Waals surface area contributed by atoms with Crippen LogP contribution in [0.5, 0.6) is 0 Å². The van der Waals surface area contributed by atoms with E-state index in [9.17, 15) is 13.2 Å². The smallest absolute Gasteiger partial charge is 0.252 e. The number of hydrogen-bond acceptors (Lipinski definition) is 5. The first-order valence-electron chi connectivity index (χ1n) is 9.10. The van der Waals surface area contributed by atoms with Gasteiger partial charge in [0.2, 0.25) is 10.0 Å². The topological polar surface area (TPSA) is 81.0 Å². The van der Waals surface area contributed by atoms with Crippen LogP contribution in [-0.4, -0.2) is 55.8 Å². The third kappa shape index (κ3) is 4.84. The SMILES string of the molecule is CCOCCn1c(=NC(=O)C2CCCN(S(C)(=O)=O)C2)sc2ccccc21. The normalized spacial score (nSPS) is 19.6. The number of fused-ring (bicyclic) bond motifs is 1. The van der Waals surface area contributed by atoms with Crippen LogP contribution in [-0.2, 0) is 26.1 Å². The van der Waals surface area contributed by atoms with Crippen LogP contribution in [0.4, 0.5) is 0 Å². The molecule has 0 N–H and O–H groups in total. The Morgan fingerprint density at radius 1 is 1.37 bits per heavy atom. The Kier molecular flexibility index (Phi) is 6.46. The molecule has 148 valence electrons. The van der Waals surface area contributed by atoms with E-state index in [-0.39, 0.29) is 18.4 Å². The summed E-state index contributed by atoms with van der Waals surface area (Å²) >= 11 is 1.47. The van der Waals surface area contributed by atoms with Crippen molar-refractivity contribution < 1.29 is 17.9 Å². The summed E-state index contributed by atoms with van der Waals surface area (Å²) in [5.74, 6) is -0.640. The van der Waals surface area contributed by atoms with Crippen molar-refractivity contribution >= 4 is 37.5 Å². The number of thiazole rings is 1. The van der Waals surface area contributed by atoms with Gasteiger partial charge in [0.05, 0.1) is 29.0 Å². The van der Waals surface area contributed by atoms with Crippen molar-refractivity contribution in [2.75, 3.05) is 32.6 Å². The molecule has 3 rings (SSSR count). The minimum Gasteiger partial charge on any atom is -0.380 e. The van der Waals surface area contributed by atoms with Crippen molar-refractivity contribution in [1.82, 2.24) is 8.87 Å². The summed E-state index contributed by atoms with van der Waals surface area (Å²) in [4.78, 5) is 17.8. The molecule has 27 heavy (non-hydrogen) atoms. The number of benzene rings is 1. The quantitative estimate of drug-likeness (QED) is 0.679. The number of para-hydroxylation sites is 1. The lowest BCUT2D eigenvalue weighted by Gasteiger charge is -2.28. The third-order valence-corrected chi connectivity index (χ3v) is 6.99. The molecule has 2 aromatic rings. The molecule has 1 aliphatic rings. The zero-order chi connectivity index (χ0) is 19.4. The molecule has 9 heteroatoms. The summed E-state index contributed by atoms with van der Waals surface area (Å²) in [6.07, 6.45) is 2.53. The fourth-order valence-corrected chi connectivity index (χ4v) is 5.23. The molecule has 0 radical (unpaired) electrons. The van der Waals surface area contributed by atoms with Crippen LogP contribution in [0.3, 0.4) is 0 Å². The molecular weight excluding hydrogens is 386 g/mol. The molecule has 2 heterocycles. The fourth-order valence-electron chi connectivity index (χ4n) is 3.25. The van der Waals surface area contributed by atoms with Crippen LogP contribution in [0.25, 0.3) is 10.2 Å². The maximum Gasteiger partial charge on any atom is 0.252 e. The van der Waals surface area contributed by atoms with Gasteiger partial charge in [0.1, 0.15) is 0 Å². The molecule has 7 nitrogen and oxygen atoms in total. The molecule has 0 spiro atoms. The van der Waals surface area contributed by atoms with Gasteiger partial charge < -0.3 is 9.30 Å². The largest absolute Gasteiger partial charge is 0.380 e. The summed E-state index contributed by atoms with van der Waals surface area (Å²) in [6, 6.07) is 7.94. The molecule has 0 aliphatic carbocycles. The maximum absolute atomic E-state index is 12.8. The average Bonchev–Trinajstić information content (AvgIpc) is 2.99. The number of ether oxygens (including phenoxy) is 1. The monoisotopic (exact) mass is 411 g/mol. The number of aromatic nitrogens is 1. The number of hydrogen-bond donors (Lipinski definition) is 0. The highest BCUT2D eigenvalue weighted by atomic mass is 32.2. The highest BCUT2D eigenvalue weighted by molar-refractivity contribution is 7.88. The van der Waals surface area contributed by atoms with E-state index in [1.165, 1.54) is 21.9 Å². The van der Waals surface area contributed by atoms with E-state index in [1.807, 2.05) is 35.8 Å². The first-order valence-corrected chi connectivity index (χ1v) is 11.8. The van der Waals surface area contributed by atoms with Gasteiger partial charge in [-0.3, -0.25) is 4.79 Å². The Morgan fingerprint density at radius 2 is 2.15 bits per heavy atom. The van der Waals surface area contributed by atoms with Crippen LogP contribution < -0.4 is 4.80 Å². The molecule has 1 fully saturated rings. The minimum atomic E-state index is -3.29. The Bertz CT molecular complexity index is 978. The van der Waals surface area contributed by atoms with Gasteiger partial charge in [0.25, 0.3) is 5.91 Å². The predicted octanol–water partition coefficient (Wildman–Crippen LogP) is 1.84. The summed E-state index contributed by atoms with van der Waals surface area (Å²) in [5.41, 5.74) is 1.02. The van der Waals surface area contributed by atoms with E-state index in [0.29, 0.717) is 43.9 Å². The van der Waals surface area contributed by atoms with Crippen molar-refractivity contribution in [1.29, 1.82) is 0 Å². The number of nitrogens with zero attached hydrogens (tertiary/aromatic N) is 3. The van der Waals surface area contributed by atoms with Gasteiger partial charge in [0.15, 0.2) is 4.80 Å². The van der Waals surface area contributed by atoms with Gasteiger partial charge in [-0.15, -0.1) is 0 Å². The third-order valence-electron chi connectivity index (χ3n) is 4.66. The second kappa shape index (κ2) is 8.64. The maximum atomic E-state index is 12.8. The van der Waals surface area contributed by atoms with E-state index in [0.717, 1.165) is 10.2 Å². The fraction of sp³-hybridized carbons (Fsp3) is 0.556. The molecule has 1 amide bonds. The lowest BCUT2D eigenvalue weighted by molar-refractivity contribution is -0.122. The standard InChI is InChI=1S/C18H25N3O4S2/c1-3-25-12-11-21-15-8-4-5-9-16(15)26-18(21)19-17(22)14-7-6-10-20(13-14)27(2,23)24/h4-5,8-9,14H,3,6-7,10-13H2,1-2H3. The molecule has 1 aromatic carbocycles. The van der Waals surface area contributed by atoms with Gasteiger partial charge in [0, 0.05) is 26.2 Å². The Hall–Kier alpha value is -1.55. The zero-order valence-corrected chi connectivity index (χ0v) is 17.3. The second-order valence-electron chi connectivity index (χ2n) is 6.61. The van der Waals surface area contributed by atoms with E-state index in [1.54, 1.807) is 0 Å². The van der Waals surface area contributed by atoms with Gasteiger partial charge in [-0.05, 0) is 31.9 Å². The van der Waals surface area contributed by atoms with E-state index in [4.69, 9.17) is 4.74 Å². The van der Waals surface area contributed by atoms with Gasteiger partial charge >= 0.3 is 0 Å². The summed E-state index contributed by atoms with van der Waals surface area (Å²) in [7, 11) is -3.29. The lowest BCUT2D eigenvalue weighted by Crippen LogP contribution is -2.41. The summed E-state index contributed by atoms with van der Waals surface area (Å²) in [5, 5.41) is 0. The number of piperidine rings is 1. The molecule has 1 aliphatic heterocycles. The first-order chi connectivity index (χ1) is 12.9. The summed E-state index contributed by atoms with van der Waals surface area (Å²) < 4.78 is 33.5. The predicted molar refractivity (Wildman–Crippen MR) is 106 cm³/mol. The van der Waals surface area contributed by atoms with E-state index < -0.39 is 10.0 Å². The molecule has 1 unspecified atom stereocenters. The van der Waals surface area contributed by atoms with Gasteiger partial charge in [-0.25, -0.2) is 12.7 Å². The number of sulfonamides is 1. The van der Waals surface area contributed by atoms with E-state index in [2.05, 4.69) is 4.99 Å². The Labute approximate surface area is 163 Å². The highest BCUT2D eigenvalue weighted by Crippen LogP contribution is 2.21. The highest BCUT2D eigenvalue weighted by Gasteiger charge is 2.30. The van der Waals surface area contributed by atoms with Crippen LogP contribution >= 0.6 is 11.3 Å². The molecule has 1 atom stereocenters. The molecule has 1 saturated heterocycles. The van der Waals surface area contributed by atoms with Gasteiger partial charge in [-0.2, -0.15) is 4.99 Å². The Morgan fingerprint density at radius 3 is 2.89 bits per heavy atom. The number of rotatable bonds is 6. The van der Waals surface area contributed by atoms with Crippen molar-refractivity contribution in [2.24, 2.45) is 10.9 Å². The molecule has 0 bridgehead atoms. The lowest BCUT2D eigenvalue weighted by atomic mass is 9.99.